The largest absolute Gasteiger partial charge is 0.480 e. The summed E-state index contributed by atoms with van der Waals surface area (Å²) >= 11 is 0. The van der Waals surface area contributed by atoms with Gasteiger partial charge in [0.15, 0.2) is 0 Å². The number of amides is 1. The molecule has 1 rings (SSSR count). The lowest BCUT2D eigenvalue weighted by molar-refractivity contribution is -0.144. The monoisotopic (exact) mass is 317 g/mol. The van der Waals surface area contributed by atoms with Crippen LogP contribution in [0.3, 0.4) is 0 Å². The highest BCUT2D eigenvalue weighted by Gasteiger charge is 2.17. The Labute approximate surface area is 126 Å². The zero-order chi connectivity index (χ0) is 16.5. The Morgan fingerprint density at radius 3 is 2.41 bits per heavy atom. The molecule has 0 aromatic heterocycles. The number of alkyl halides is 2. The first-order valence-corrected chi connectivity index (χ1v) is 6.44. The summed E-state index contributed by atoms with van der Waals surface area (Å²) in [5, 5.41) is 8.80. The molecule has 0 aliphatic carbocycles. The summed E-state index contributed by atoms with van der Waals surface area (Å²) in [7, 11) is 1.45. The Morgan fingerprint density at radius 2 is 1.91 bits per heavy atom. The van der Waals surface area contributed by atoms with Crippen molar-refractivity contribution in [3.63, 3.8) is 0 Å². The summed E-state index contributed by atoms with van der Waals surface area (Å²) in [6, 6.07) is 5.60. The molecule has 0 aliphatic rings. The van der Waals surface area contributed by atoms with Gasteiger partial charge in [-0.15, -0.1) is 0 Å². The number of carbonyl (C=O) groups excluding carboxylic acids is 1. The Bertz CT molecular complexity index is 493. The highest BCUT2D eigenvalue weighted by atomic mass is 19.3. The number of carboxylic acid groups (broad SMARTS) is 1. The quantitative estimate of drug-likeness (QED) is 0.745. The molecule has 0 saturated heterocycles. The molecule has 1 amide bonds. The van der Waals surface area contributed by atoms with Gasteiger partial charge >= 0.3 is 12.6 Å². The Hall–Kier alpha value is -2.22. The normalized spacial score (nSPS) is 10.5. The van der Waals surface area contributed by atoms with Crippen molar-refractivity contribution in [1.82, 2.24) is 4.90 Å². The molecule has 0 radical (unpaired) electrons. The van der Waals surface area contributed by atoms with Gasteiger partial charge in [0.1, 0.15) is 12.3 Å². The first kappa shape index (κ1) is 17.8. The molecule has 122 valence electrons. The maximum absolute atomic E-state index is 12.1. The third kappa shape index (κ3) is 6.49. The number of carbonyl (C=O) groups is 2. The summed E-state index contributed by atoms with van der Waals surface area (Å²) in [5.74, 6) is -1.51. The number of aliphatic carboxylic acids is 1. The van der Waals surface area contributed by atoms with Crippen LogP contribution < -0.4 is 4.74 Å². The van der Waals surface area contributed by atoms with Crippen molar-refractivity contribution in [3.05, 3.63) is 29.8 Å². The highest BCUT2D eigenvalue weighted by Crippen LogP contribution is 2.15. The van der Waals surface area contributed by atoms with Gasteiger partial charge in [0, 0.05) is 13.7 Å². The summed E-state index contributed by atoms with van der Waals surface area (Å²) in [5.41, 5.74) is 0.569. The molecule has 0 heterocycles. The fourth-order valence-corrected chi connectivity index (χ4v) is 1.73. The van der Waals surface area contributed by atoms with Crippen molar-refractivity contribution in [2.75, 3.05) is 26.8 Å². The second kappa shape index (κ2) is 8.93. The average molecular weight is 317 g/mol. The van der Waals surface area contributed by atoms with E-state index in [0.717, 1.165) is 4.90 Å². The van der Waals surface area contributed by atoms with E-state index < -0.39 is 19.1 Å². The van der Waals surface area contributed by atoms with E-state index in [1.807, 2.05) is 0 Å². The van der Waals surface area contributed by atoms with Crippen LogP contribution in [0.25, 0.3) is 0 Å². The second-order valence-corrected chi connectivity index (χ2v) is 4.40. The summed E-state index contributed by atoms with van der Waals surface area (Å²) in [4.78, 5) is 24.0. The van der Waals surface area contributed by atoms with Gasteiger partial charge in [0.05, 0.1) is 13.0 Å². The number of benzene rings is 1. The van der Waals surface area contributed by atoms with Crippen LogP contribution in [0.1, 0.15) is 5.56 Å². The molecule has 0 saturated carbocycles. The number of hydrogen-bond acceptors (Lipinski definition) is 4. The summed E-state index contributed by atoms with van der Waals surface area (Å²) in [6.07, 6.45) is -0.0358. The smallest absolute Gasteiger partial charge is 0.387 e. The number of rotatable bonds is 9. The van der Waals surface area contributed by atoms with Crippen molar-refractivity contribution < 1.29 is 33.0 Å². The Kier molecular flexibility index (Phi) is 7.24. The van der Waals surface area contributed by atoms with Gasteiger partial charge in [-0.2, -0.15) is 8.78 Å². The predicted octanol–water partition coefficient (Wildman–Crippen LogP) is 1.39. The molecule has 1 N–H and O–H groups in total. The third-order valence-corrected chi connectivity index (χ3v) is 2.75. The van der Waals surface area contributed by atoms with Gasteiger partial charge in [-0.1, -0.05) is 12.1 Å². The maximum atomic E-state index is 12.1. The minimum atomic E-state index is -2.91. The molecule has 0 atom stereocenters. The van der Waals surface area contributed by atoms with Crippen molar-refractivity contribution in [2.45, 2.75) is 13.0 Å². The molecule has 0 spiro atoms. The van der Waals surface area contributed by atoms with E-state index in [4.69, 9.17) is 9.84 Å². The molecule has 6 nitrogen and oxygen atoms in total. The van der Waals surface area contributed by atoms with Gasteiger partial charge < -0.3 is 19.5 Å². The highest BCUT2D eigenvalue weighted by molar-refractivity contribution is 5.83. The number of carboxylic acids is 1. The molecule has 0 bridgehead atoms. The van der Waals surface area contributed by atoms with Crippen LogP contribution in [0.5, 0.6) is 5.75 Å². The lowest BCUT2D eigenvalue weighted by atomic mass is 10.1. The first-order chi connectivity index (χ1) is 10.4. The topological polar surface area (TPSA) is 76.1 Å². The van der Waals surface area contributed by atoms with Crippen molar-refractivity contribution >= 4 is 11.9 Å². The van der Waals surface area contributed by atoms with E-state index >= 15 is 0 Å². The van der Waals surface area contributed by atoms with E-state index in [-0.39, 0.29) is 31.2 Å². The molecular formula is C14H17F2NO5. The summed E-state index contributed by atoms with van der Waals surface area (Å²) < 4.78 is 33.1. The number of ether oxygens (including phenoxy) is 2. The zero-order valence-electron chi connectivity index (χ0n) is 12.0. The van der Waals surface area contributed by atoms with Crippen LogP contribution in [0.4, 0.5) is 8.78 Å². The maximum Gasteiger partial charge on any atom is 0.387 e. The molecule has 0 fully saturated rings. The molecule has 1 aromatic rings. The van der Waals surface area contributed by atoms with E-state index in [1.54, 1.807) is 0 Å². The lowest BCUT2D eigenvalue weighted by Gasteiger charge is -2.20. The average Bonchev–Trinajstić information content (AvgIpc) is 2.44. The molecule has 8 heteroatoms. The van der Waals surface area contributed by atoms with Crippen LogP contribution >= 0.6 is 0 Å². The predicted molar refractivity (Wildman–Crippen MR) is 72.9 cm³/mol. The van der Waals surface area contributed by atoms with Crippen LogP contribution in [0, 0.1) is 0 Å². The lowest BCUT2D eigenvalue weighted by Crippen LogP contribution is -2.38. The van der Waals surface area contributed by atoms with Crippen LogP contribution in [0.2, 0.25) is 0 Å². The van der Waals surface area contributed by atoms with Gasteiger partial charge in [0.2, 0.25) is 5.91 Å². The number of halogens is 2. The van der Waals surface area contributed by atoms with E-state index in [9.17, 15) is 18.4 Å². The standard InChI is InChI=1S/C14H17F2NO5/c1-21-7-6-17(9-13(19)20)12(18)8-10-2-4-11(5-3-10)22-14(15)16/h2-5,14H,6-9H2,1H3,(H,19,20). The van der Waals surface area contributed by atoms with E-state index in [2.05, 4.69) is 4.74 Å². The van der Waals surface area contributed by atoms with Crippen LogP contribution in [-0.4, -0.2) is 55.3 Å². The van der Waals surface area contributed by atoms with E-state index in [1.165, 1.54) is 31.4 Å². The summed E-state index contributed by atoms with van der Waals surface area (Å²) in [6.45, 7) is -2.95. The van der Waals surface area contributed by atoms with Crippen molar-refractivity contribution in [2.24, 2.45) is 0 Å². The van der Waals surface area contributed by atoms with Crippen LogP contribution in [-0.2, 0) is 20.7 Å². The molecule has 0 unspecified atom stereocenters. The Morgan fingerprint density at radius 1 is 1.27 bits per heavy atom. The second-order valence-electron chi connectivity index (χ2n) is 4.40. The molecule has 0 aliphatic heterocycles. The van der Waals surface area contributed by atoms with Gasteiger partial charge in [-0.05, 0) is 17.7 Å². The number of nitrogens with zero attached hydrogens (tertiary/aromatic N) is 1. The zero-order valence-corrected chi connectivity index (χ0v) is 12.0. The SMILES string of the molecule is COCCN(CC(=O)O)C(=O)Cc1ccc(OC(F)F)cc1. The van der Waals surface area contributed by atoms with Gasteiger partial charge in [-0.3, -0.25) is 9.59 Å². The minimum Gasteiger partial charge on any atom is -0.480 e. The fraction of sp³-hybridized carbons (Fsp3) is 0.429. The molecule has 1 aromatic carbocycles. The first-order valence-electron chi connectivity index (χ1n) is 6.44. The minimum absolute atomic E-state index is 0.00651. The number of hydrogen-bond donors (Lipinski definition) is 1. The van der Waals surface area contributed by atoms with Gasteiger partial charge in [0.25, 0.3) is 0 Å². The Balaban J connectivity index is 2.65. The third-order valence-electron chi connectivity index (χ3n) is 2.75. The fourth-order valence-electron chi connectivity index (χ4n) is 1.73. The van der Waals surface area contributed by atoms with Gasteiger partial charge in [-0.25, -0.2) is 0 Å². The molecule has 22 heavy (non-hydrogen) atoms. The number of methoxy groups -OCH3 is 1. The van der Waals surface area contributed by atoms with Crippen molar-refractivity contribution in [3.8, 4) is 5.75 Å². The molecular weight excluding hydrogens is 300 g/mol. The van der Waals surface area contributed by atoms with E-state index in [0.29, 0.717) is 5.56 Å². The van der Waals surface area contributed by atoms with Crippen LogP contribution in [0.15, 0.2) is 24.3 Å². The van der Waals surface area contributed by atoms with Crippen molar-refractivity contribution in [1.29, 1.82) is 0 Å².